The lowest BCUT2D eigenvalue weighted by Gasteiger charge is -2.26. The summed E-state index contributed by atoms with van der Waals surface area (Å²) >= 11 is 0. The predicted octanol–water partition coefficient (Wildman–Crippen LogP) is 3.34. The molecule has 2 aromatic rings. The van der Waals surface area contributed by atoms with Crippen LogP contribution in [0.4, 0.5) is 18.9 Å². The molecule has 1 aliphatic heterocycles. The van der Waals surface area contributed by atoms with E-state index in [0.29, 0.717) is 18.9 Å². The molecule has 2 aromatic carbocycles. The van der Waals surface area contributed by atoms with Crippen LogP contribution >= 0.6 is 0 Å². The molecule has 5 nitrogen and oxygen atoms in total. The molecule has 27 heavy (non-hydrogen) atoms. The van der Waals surface area contributed by atoms with E-state index in [1.165, 1.54) is 0 Å². The molecule has 9 heteroatoms. The highest BCUT2D eigenvalue weighted by atomic mass is 32.2. The number of morpholine rings is 1. The third kappa shape index (κ3) is 5.21. The fraction of sp³-hybridized carbons (Fsp3) is 0.333. The average Bonchev–Trinajstić information content (AvgIpc) is 2.63. The number of benzene rings is 2. The molecule has 1 fully saturated rings. The summed E-state index contributed by atoms with van der Waals surface area (Å²) in [7, 11) is -3.96. The standard InChI is InChI=1S/C18H19F3N2O3S/c19-18(20,21)15-3-7-17(8-4-15)27(24,25)22-16-5-1-14(2-6-16)13-23-9-11-26-12-10-23/h1-8,22H,9-13H2. The van der Waals surface area contributed by atoms with Crippen LogP contribution in [0, 0.1) is 0 Å². The molecule has 146 valence electrons. The molecule has 0 spiro atoms. The van der Waals surface area contributed by atoms with E-state index in [-0.39, 0.29) is 4.90 Å². The highest BCUT2D eigenvalue weighted by Crippen LogP contribution is 2.30. The predicted molar refractivity (Wildman–Crippen MR) is 94.8 cm³/mol. The number of sulfonamides is 1. The molecule has 3 rings (SSSR count). The Balaban J connectivity index is 1.66. The summed E-state index contributed by atoms with van der Waals surface area (Å²) in [5.41, 5.74) is 0.490. The van der Waals surface area contributed by atoms with E-state index in [1.54, 1.807) is 12.1 Å². The van der Waals surface area contributed by atoms with Crippen LogP contribution in [0.5, 0.6) is 0 Å². The first-order chi connectivity index (χ1) is 12.7. The smallest absolute Gasteiger partial charge is 0.379 e. The van der Waals surface area contributed by atoms with Crippen LogP contribution in [-0.4, -0.2) is 39.6 Å². The van der Waals surface area contributed by atoms with Crippen LogP contribution in [0.1, 0.15) is 11.1 Å². The fourth-order valence-corrected chi connectivity index (χ4v) is 3.79. The van der Waals surface area contributed by atoms with Crippen LogP contribution in [0.3, 0.4) is 0 Å². The van der Waals surface area contributed by atoms with Gasteiger partial charge in [0, 0.05) is 25.3 Å². The second-order valence-electron chi connectivity index (χ2n) is 6.21. The lowest BCUT2D eigenvalue weighted by Crippen LogP contribution is -2.35. The van der Waals surface area contributed by atoms with Crippen molar-refractivity contribution in [3.8, 4) is 0 Å². The molecule has 1 aliphatic rings. The van der Waals surface area contributed by atoms with Gasteiger partial charge >= 0.3 is 6.18 Å². The number of nitrogens with zero attached hydrogens (tertiary/aromatic N) is 1. The highest BCUT2D eigenvalue weighted by Gasteiger charge is 2.30. The van der Waals surface area contributed by atoms with Crippen molar-refractivity contribution in [2.24, 2.45) is 0 Å². The number of alkyl halides is 3. The van der Waals surface area contributed by atoms with Crippen LogP contribution in [0.2, 0.25) is 0 Å². The number of halogens is 3. The van der Waals surface area contributed by atoms with Gasteiger partial charge in [-0.25, -0.2) is 8.42 Å². The van der Waals surface area contributed by atoms with Crippen molar-refractivity contribution in [3.63, 3.8) is 0 Å². The molecule has 0 amide bonds. The van der Waals surface area contributed by atoms with Crippen molar-refractivity contribution in [2.75, 3.05) is 31.0 Å². The zero-order valence-electron chi connectivity index (χ0n) is 14.4. The first kappa shape index (κ1) is 19.7. The van der Waals surface area contributed by atoms with Crippen LogP contribution in [0.25, 0.3) is 0 Å². The molecule has 1 saturated heterocycles. The second-order valence-corrected chi connectivity index (χ2v) is 7.90. The Bertz CT molecular complexity index is 860. The van der Waals surface area contributed by atoms with Gasteiger partial charge in [-0.1, -0.05) is 12.1 Å². The summed E-state index contributed by atoms with van der Waals surface area (Å²) in [6.45, 7) is 3.84. The molecular weight excluding hydrogens is 381 g/mol. The number of ether oxygens (including phenoxy) is 1. The van der Waals surface area contributed by atoms with Crippen molar-refractivity contribution in [2.45, 2.75) is 17.6 Å². The van der Waals surface area contributed by atoms with Crippen molar-refractivity contribution in [1.82, 2.24) is 4.90 Å². The lowest BCUT2D eigenvalue weighted by molar-refractivity contribution is -0.137. The number of hydrogen-bond donors (Lipinski definition) is 1. The van der Waals surface area contributed by atoms with E-state index in [1.807, 2.05) is 12.1 Å². The van der Waals surface area contributed by atoms with E-state index in [9.17, 15) is 21.6 Å². The van der Waals surface area contributed by atoms with Gasteiger partial charge in [0.25, 0.3) is 10.0 Å². The zero-order chi connectivity index (χ0) is 19.5. The molecule has 0 saturated carbocycles. The van der Waals surface area contributed by atoms with Gasteiger partial charge in [-0.05, 0) is 42.0 Å². The minimum atomic E-state index is -4.51. The SMILES string of the molecule is O=S(=O)(Nc1ccc(CN2CCOCC2)cc1)c1ccc(C(F)(F)F)cc1. The van der Waals surface area contributed by atoms with Crippen LogP contribution in [-0.2, 0) is 27.5 Å². The Morgan fingerprint density at radius 3 is 2.11 bits per heavy atom. The van der Waals surface area contributed by atoms with Gasteiger partial charge in [0.1, 0.15) is 0 Å². The van der Waals surface area contributed by atoms with E-state index < -0.39 is 21.8 Å². The third-order valence-electron chi connectivity index (χ3n) is 4.21. The summed E-state index contributed by atoms with van der Waals surface area (Å²) in [4.78, 5) is 2.01. The normalized spacial score (nSPS) is 16.3. The van der Waals surface area contributed by atoms with Gasteiger partial charge < -0.3 is 4.74 Å². The summed E-state index contributed by atoms with van der Waals surface area (Å²) in [5, 5.41) is 0. The summed E-state index contributed by atoms with van der Waals surface area (Å²) < 4.78 is 70.2. The van der Waals surface area contributed by atoms with Gasteiger partial charge in [-0.15, -0.1) is 0 Å². The molecule has 1 N–H and O–H groups in total. The average molecular weight is 400 g/mol. The molecule has 0 bridgehead atoms. The van der Waals surface area contributed by atoms with Gasteiger partial charge in [-0.2, -0.15) is 13.2 Å². The number of anilines is 1. The Labute approximate surface area is 155 Å². The third-order valence-corrected chi connectivity index (χ3v) is 5.61. The van der Waals surface area contributed by atoms with Gasteiger partial charge in [0.05, 0.1) is 23.7 Å². The van der Waals surface area contributed by atoms with E-state index in [4.69, 9.17) is 4.74 Å². The number of nitrogens with one attached hydrogen (secondary N) is 1. The topological polar surface area (TPSA) is 58.6 Å². The van der Waals surface area contributed by atoms with E-state index >= 15 is 0 Å². The Kier molecular flexibility index (Phi) is 5.73. The molecule has 1 heterocycles. The maximum atomic E-state index is 12.6. The van der Waals surface area contributed by atoms with Gasteiger partial charge in [0.2, 0.25) is 0 Å². The van der Waals surface area contributed by atoms with Crippen molar-refractivity contribution in [1.29, 1.82) is 0 Å². The number of rotatable bonds is 5. The highest BCUT2D eigenvalue weighted by molar-refractivity contribution is 7.92. The minimum absolute atomic E-state index is 0.229. The van der Waals surface area contributed by atoms with Gasteiger partial charge in [-0.3, -0.25) is 9.62 Å². The zero-order valence-corrected chi connectivity index (χ0v) is 15.2. The monoisotopic (exact) mass is 400 g/mol. The maximum Gasteiger partial charge on any atom is 0.416 e. The Morgan fingerprint density at radius 1 is 0.963 bits per heavy atom. The van der Waals surface area contributed by atoms with Gasteiger partial charge in [0.15, 0.2) is 0 Å². The summed E-state index contributed by atoms with van der Waals surface area (Å²) in [5.74, 6) is 0. The summed E-state index contributed by atoms with van der Waals surface area (Å²) in [6.07, 6.45) is -4.51. The van der Waals surface area contributed by atoms with E-state index in [2.05, 4.69) is 9.62 Å². The molecular formula is C18H19F3N2O3S. The fourth-order valence-electron chi connectivity index (χ4n) is 2.73. The molecule has 0 radical (unpaired) electrons. The second kappa shape index (κ2) is 7.87. The molecule has 0 unspecified atom stereocenters. The molecule has 0 aliphatic carbocycles. The lowest BCUT2D eigenvalue weighted by atomic mass is 10.2. The molecule has 0 atom stereocenters. The van der Waals surface area contributed by atoms with E-state index in [0.717, 1.165) is 49.5 Å². The Hall–Kier alpha value is -2.10. The minimum Gasteiger partial charge on any atom is -0.379 e. The largest absolute Gasteiger partial charge is 0.416 e. The first-order valence-electron chi connectivity index (χ1n) is 8.33. The van der Waals surface area contributed by atoms with Crippen LogP contribution < -0.4 is 4.72 Å². The number of hydrogen-bond acceptors (Lipinski definition) is 4. The van der Waals surface area contributed by atoms with Crippen molar-refractivity contribution < 1.29 is 26.3 Å². The first-order valence-corrected chi connectivity index (χ1v) is 9.81. The van der Waals surface area contributed by atoms with Crippen molar-refractivity contribution >= 4 is 15.7 Å². The van der Waals surface area contributed by atoms with Crippen molar-refractivity contribution in [3.05, 3.63) is 59.7 Å². The quantitative estimate of drug-likeness (QED) is 0.837. The molecule has 0 aromatic heterocycles. The van der Waals surface area contributed by atoms with Crippen LogP contribution in [0.15, 0.2) is 53.4 Å². The Morgan fingerprint density at radius 2 is 1.56 bits per heavy atom. The summed E-state index contributed by atoms with van der Waals surface area (Å²) in [6, 6.07) is 10.3. The maximum absolute atomic E-state index is 12.6.